The molecular weight excluding hydrogens is 405 g/mol. The number of halogens is 4. The van der Waals surface area contributed by atoms with Gasteiger partial charge in [0.25, 0.3) is 5.91 Å². The normalized spacial score (nSPS) is 15.8. The summed E-state index contributed by atoms with van der Waals surface area (Å²) < 4.78 is 40.5. The molecule has 0 saturated carbocycles. The lowest BCUT2D eigenvalue weighted by Crippen LogP contribution is -2.57. The van der Waals surface area contributed by atoms with Crippen LogP contribution in [0.15, 0.2) is 54.6 Å². The molecule has 9 heteroatoms. The Kier molecular flexibility index (Phi) is 8.31. The Morgan fingerprint density at radius 3 is 2.31 bits per heavy atom. The molecule has 1 unspecified atom stereocenters. The molecule has 1 saturated heterocycles. The van der Waals surface area contributed by atoms with Gasteiger partial charge in [-0.25, -0.2) is 0 Å². The third-order valence-corrected chi connectivity index (χ3v) is 4.65. The second-order valence-electron chi connectivity index (χ2n) is 6.59. The highest BCUT2D eigenvalue weighted by Gasteiger charge is 2.43. The van der Waals surface area contributed by atoms with E-state index in [0.29, 0.717) is 37.4 Å². The zero-order chi connectivity index (χ0) is 20.0. The van der Waals surface area contributed by atoms with Crippen molar-refractivity contribution in [1.82, 2.24) is 15.5 Å². The molecule has 0 aliphatic carbocycles. The number of anilines is 2. The summed E-state index contributed by atoms with van der Waals surface area (Å²) in [4.78, 5) is 14.0. The third-order valence-electron chi connectivity index (χ3n) is 4.65. The van der Waals surface area contributed by atoms with Gasteiger partial charge in [0.2, 0.25) is 0 Å². The van der Waals surface area contributed by atoms with Crippen LogP contribution in [0.1, 0.15) is 10.4 Å². The number of piperazine rings is 1. The first-order chi connectivity index (χ1) is 13.4. The lowest BCUT2D eigenvalue weighted by atomic mass is 10.1. The van der Waals surface area contributed by atoms with Crippen molar-refractivity contribution in [3.63, 3.8) is 0 Å². The number of nitrogens with one attached hydrogen (secondary N) is 3. The van der Waals surface area contributed by atoms with Crippen LogP contribution in [0.2, 0.25) is 0 Å². The average Bonchev–Trinajstić information content (AvgIpc) is 2.69. The number of nitrogens with zero attached hydrogens (tertiary/aromatic N) is 1. The van der Waals surface area contributed by atoms with Gasteiger partial charge in [-0.2, -0.15) is 13.2 Å². The first-order valence-corrected chi connectivity index (χ1v) is 9.16. The number of amides is 1. The topological polar surface area (TPSA) is 56.4 Å². The Hall–Kier alpha value is -2.29. The minimum Gasteiger partial charge on any atom is -0.355 e. The average molecular weight is 429 g/mol. The van der Waals surface area contributed by atoms with Crippen LogP contribution in [0.25, 0.3) is 0 Å². The molecule has 1 heterocycles. The molecule has 1 atom stereocenters. The van der Waals surface area contributed by atoms with Gasteiger partial charge in [0.1, 0.15) is 6.04 Å². The zero-order valence-corrected chi connectivity index (χ0v) is 16.5. The summed E-state index contributed by atoms with van der Waals surface area (Å²) in [7, 11) is 0. The summed E-state index contributed by atoms with van der Waals surface area (Å²) in [6.45, 7) is 1.12. The summed E-state index contributed by atoms with van der Waals surface area (Å²) in [5, 5.41) is 8.64. The van der Waals surface area contributed by atoms with Gasteiger partial charge >= 0.3 is 6.18 Å². The van der Waals surface area contributed by atoms with Crippen molar-refractivity contribution in [2.24, 2.45) is 0 Å². The molecule has 1 aliphatic heterocycles. The van der Waals surface area contributed by atoms with E-state index in [1.165, 1.54) is 4.90 Å². The summed E-state index contributed by atoms with van der Waals surface area (Å²) in [5.74, 6) is -0.539. The van der Waals surface area contributed by atoms with E-state index in [0.717, 1.165) is 5.69 Å². The van der Waals surface area contributed by atoms with Crippen molar-refractivity contribution in [2.75, 3.05) is 38.0 Å². The monoisotopic (exact) mass is 428 g/mol. The first-order valence-electron chi connectivity index (χ1n) is 9.16. The Balaban J connectivity index is 0.00000300. The maximum atomic E-state index is 13.5. The van der Waals surface area contributed by atoms with E-state index in [2.05, 4.69) is 16.0 Å². The standard InChI is InChI=1S/C20H23F3N4O.ClH/c21-20(22,23)18(27-12-10-24-11-13-27)14-25-19(28)16-8-4-5-9-17(16)26-15-6-2-1-3-7-15;/h1-9,18,24,26H,10-14H2,(H,25,28);1H. The Morgan fingerprint density at radius 2 is 1.66 bits per heavy atom. The molecule has 158 valence electrons. The van der Waals surface area contributed by atoms with Crippen molar-refractivity contribution >= 4 is 29.7 Å². The molecule has 1 amide bonds. The van der Waals surface area contributed by atoms with Gasteiger partial charge in [-0.05, 0) is 24.3 Å². The Morgan fingerprint density at radius 1 is 1.03 bits per heavy atom. The minimum atomic E-state index is -4.41. The molecule has 29 heavy (non-hydrogen) atoms. The molecule has 5 nitrogen and oxygen atoms in total. The highest BCUT2D eigenvalue weighted by molar-refractivity contribution is 6.00. The maximum Gasteiger partial charge on any atom is 0.405 e. The molecule has 1 fully saturated rings. The van der Waals surface area contributed by atoms with Gasteiger partial charge in [-0.15, -0.1) is 12.4 Å². The molecule has 3 rings (SSSR count). The summed E-state index contributed by atoms with van der Waals surface area (Å²) >= 11 is 0. The first kappa shape index (κ1) is 23.0. The van der Waals surface area contributed by atoms with Gasteiger partial charge in [0, 0.05) is 38.4 Å². The van der Waals surface area contributed by atoms with E-state index in [1.54, 1.807) is 24.3 Å². The number of carbonyl (C=O) groups excluding carboxylic acids is 1. The lowest BCUT2D eigenvalue weighted by molar-refractivity contribution is -0.183. The summed E-state index contributed by atoms with van der Waals surface area (Å²) in [5.41, 5.74) is 1.63. The van der Waals surface area contributed by atoms with Crippen LogP contribution in [0.3, 0.4) is 0 Å². The molecule has 0 spiro atoms. The number of alkyl halides is 3. The zero-order valence-electron chi connectivity index (χ0n) is 15.7. The van der Waals surface area contributed by atoms with E-state index >= 15 is 0 Å². The van der Waals surface area contributed by atoms with E-state index in [9.17, 15) is 18.0 Å². The molecule has 3 N–H and O–H groups in total. The van der Waals surface area contributed by atoms with Crippen LogP contribution < -0.4 is 16.0 Å². The van der Waals surface area contributed by atoms with Gasteiger partial charge < -0.3 is 16.0 Å². The fraction of sp³-hybridized carbons (Fsp3) is 0.350. The quantitative estimate of drug-likeness (QED) is 0.660. The number of benzene rings is 2. The molecule has 2 aromatic carbocycles. The number of carbonyl (C=O) groups is 1. The molecule has 0 bridgehead atoms. The SMILES string of the molecule is Cl.O=C(NCC(N1CCNCC1)C(F)(F)F)c1ccccc1Nc1ccccc1. The van der Waals surface area contributed by atoms with Crippen LogP contribution in [0.5, 0.6) is 0 Å². The van der Waals surface area contributed by atoms with E-state index in [4.69, 9.17) is 0 Å². The van der Waals surface area contributed by atoms with Crippen LogP contribution in [-0.2, 0) is 0 Å². The second kappa shape index (κ2) is 10.5. The van der Waals surface area contributed by atoms with E-state index in [1.807, 2.05) is 30.3 Å². The Labute approximate surface area is 174 Å². The van der Waals surface area contributed by atoms with Crippen LogP contribution >= 0.6 is 12.4 Å². The number of hydrogen-bond acceptors (Lipinski definition) is 4. The molecular formula is C20H24ClF3N4O. The van der Waals surface area contributed by atoms with Crippen molar-refractivity contribution in [2.45, 2.75) is 12.2 Å². The molecule has 0 aromatic heterocycles. The van der Waals surface area contributed by atoms with Crippen molar-refractivity contribution in [3.8, 4) is 0 Å². The predicted molar refractivity (Wildman–Crippen MR) is 110 cm³/mol. The van der Waals surface area contributed by atoms with Crippen molar-refractivity contribution < 1.29 is 18.0 Å². The van der Waals surface area contributed by atoms with Gasteiger partial charge in [0.15, 0.2) is 0 Å². The smallest absolute Gasteiger partial charge is 0.355 e. The van der Waals surface area contributed by atoms with Gasteiger partial charge in [-0.3, -0.25) is 9.69 Å². The number of hydrogen-bond donors (Lipinski definition) is 3. The summed E-state index contributed by atoms with van der Waals surface area (Å²) in [6.07, 6.45) is -4.41. The molecule has 0 radical (unpaired) electrons. The molecule has 2 aromatic rings. The third kappa shape index (κ3) is 6.35. The van der Waals surface area contributed by atoms with E-state index in [-0.39, 0.29) is 12.4 Å². The van der Waals surface area contributed by atoms with Crippen LogP contribution in [-0.4, -0.2) is 55.7 Å². The number of para-hydroxylation sites is 2. The maximum absolute atomic E-state index is 13.5. The Bertz CT molecular complexity index is 783. The second-order valence-corrected chi connectivity index (χ2v) is 6.59. The highest BCUT2D eigenvalue weighted by atomic mass is 35.5. The van der Waals surface area contributed by atoms with Crippen molar-refractivity contribution in [1.29, 1.82) is 0 Å². The minimum absolute atomic E-state index is 0. The van der Waals surface area contributed by atoms with E-state index < -0.39 is 24.7 Å². The van der Waals surface area contributed by atoms with Crippen LogP contribution in [0.4, 0.5) is 24.5 Å². The fourth-order valence-corrected chi connectivity index (χ4v) is 3.20. The number of rotatable bonds is 6. The fourth-order valence-electron chi connectivity index (χ4n) is 3.20. The van der Waals surface area contributed by atoms with Gasteiger partial charge in [0.05, 0.1) is 11.3 Å². The highest BCUT2D eigenvalue weighted by Crippen LogP contribution is 2.25. The molecule has 1 aliphatic rings. The largest absolute Gasteiger partial charge is 0.405 e. The summed E-state index contributed by atoms with van der Waals surface area (Å²) in [6, 6.07) is 14.3. The predicted octanol–water partition coefficient (Wildman–Crippen LogP) is 3.42. The lowest BCUT2D eigenvalue weighted by Gasteiger charge is -2.36. The van der Waals surface area contributed by atoms with Crippen molar-refractivity contribution in [3.05, 3.63) is 60.2 Å². The van der Waals surface area contributed by atoms with Crippen LogP contribution in [0, 0.1) is 0 Å². The van der Waals surface area contributed by atoms with Gasteiger partial charge in [-0.1, -0.05) is 30.3 Å².